The molecule has 3 aromatic rings. The van der Waals surface area contributed by atoms with Crippen LogP contribution in [0.2, 0.25) is 0 Å². The Morgan fingerprint density at radius 2 is 1.68 bits per heavy atom. The summed E-state index contributed by atoms with van der Waals surface area (Å²) in [6.45, 7) is 4.08. The molecule has 128 valence electrons. The maximum Gasteiger partial charge on any atom is 0.169 e. The average molecular weight is 352 g/mol. The second kappa shape index (κ2) is 6.26. The van der Waals surface area contributed by atoms with Crippen LogP contribution in [0, 0.1) is 0 Å². The highest BCUT2D eigenvalue weighted by Gasteiger charge is 2.25. The summed E-state index contributed by atoms with van der Waals surface area (Å²) in [6, 6.07) is 4.29. The van der Waals surface area contributed by atoms with E-state index in [-0.39, 0.29) is 0 Å². The molecule has 25 heavy (non-hydrogen) atoms. The molecule has 4 heterocycles. The van der Waals surface area contributed by atoms with E-state index in [1.807, 2.05) is 23.7 Å². The number of thiophene rings is 1. The minimum Gasteiger partial charge on any atom is -0.368 e. The van der Waals surface area contributed by atoms with Crippen LogP contribution in [0.15, 0.2) is 30.9 Å². The topological polar surface area (TPSA) is 46.4 Å². The molecular formula is C19H22N5S+. The summed E-state index contributed by atoms with van der Waals surface area (Å²) in [5, 5.41) is 1.34. The Morgan fingerprint density at radius 3 is 2.52 bits per heavy atom. The molecule has 6 heteroatoms. The zero-order chi connectivity index (χ0) is 16.6. The first-order valence-corrected chi connectivity index (χ1v) is 9.93. The number of fused-ring (bicyclic) bond motifs is 3. The number of H-pyrrole nitrogens is 1. The highest BCUT2D eigenvalue weighted by Crippen LogP contribution is 2.39. The van der Waals surface area contributed by atoms with Gasteiger partial charge in [0.15, 0.2) is 12.4 Å². The standard InChI is InChI=1S/C19H21N5S/c1-2-4-16-15(3-1)17-18(21-13-22-19(17)25-16)24-11-9-23(10-12-24)14-5-7-20-8-6-14/h5-8,13H,1-4,9-12H2/p+1. The van der Waals surface area contributed by atoms with E-state index in [9.17, 15) is 0 Å². The number of piperazine rings is 1. The lowest BCUT2D eigenvalue weighted by Gasteiger charge is -2.36. The van der Waals surface area contributed by atoms with Crippen molar-refractivity contribution in [3.05, 3.63) is 41.3 Å². The summed E-state index contributed by atoms with van der Waals surface area (Å²) in [5.41, 5.74) is 2.82. The highest BCUT2D eigenvalue weighted by molar-refractivity contribution is 7.19. The van der Waals surface area contributed by atoms with Crippen LogP contribution in [-0.2, 0) is 12.8 Å². The first-order valence-electron chi connectivity index (χ1n) is 9.11. The third kappa shape index (κ3) is 2.65. The summed E-state index contributed by atoms with van der Waals surface area (Å²) >= 11 is 1.88. The predicted octanol–water partition coefficient (Wildman–Crippen LogP) is 2.71. The Kier molecular flexibility index (Phi) is 3.77. The van der Waals surface area contributed by atoms with E-state index in [1.54, 1.807) is 11.2 Å². The molecule has 1 saturated heterocycles. The van der Waals surface area contributed by atoms with E-state index in [2.05, 4.69) is 31.9 Å². The summed E-state index contributed by atoms with van der Waals surface area (Å²) in [5.74, 6) is 1.16. The van der Waals surface area contributed by atoms with Gasteiger partial charge >= 0.3 is 0 Å². The molecule has 0 bridgehead atoms. The van der Waals surface area contributed by atoms with Crippen LogP contribution in [-0.4, -0.2) is 36.1 Å². The van der Waals surface area contributed by atoms with E-state index >= 15 is 0 Å². The number of hydrogen-bond donors (Lipinski definition) is 0. The van der Waals surface area contributed by atoms with E-state index in [0.717, 1.165) is 32.0 Å². The van der Waals surface area contributed by atoms with Crippen molar-refractivity contribution in [3.63, 3.8) is 0 Å². The zero-order valence-corrected chi connectivity index (χ0v) is 15.1. The minimum absolute atomic E-state index is 1.01. The molecular weight excluding hydrogens is 330 g/mol. The lowest BCUT2D eigenvalue weighted by molar-refractivity contribution is -0.377. The van der Waals surface area contributed by atoms with Crippen LogP contribution in [0.1, 0.15) is 23.3 Å². The van der Waals surface area contributed by atoms with Gasteiger partial charge in [-0.3, -0.25) is 0 Å². The number of nitrogens with zero attached hydrogens (tertiary/aromatic N) is 4. The smallest absolute Gasteiger partial charge is 0.169 e. The molecule has 1 N–H and O–H groups in total. The van der Waals surface area contributed by atoms with Gasteiger partial charge in [0.1, 0.15) is 17.0 Å². The van der Waals surface area contributed by atoms with Gasteiger partial charge in [0.05, 0.1) is 5.39 Å². The number of hydrogen-bond acceptors (Lipinski definition) is 5. The van der Waals surface area contributed by atoms with Gasteiger partial charge in [0.2, 0.25) is 0 Å². The lowest BCUT2D eigenvalue weighted by Crippen LogP contribution is -2.47. The molecule has 0 unspecified atom stereocenters. The van der Waals surface area contributed by atoms with Crippen LogP contribution >= 0.6 is 11.3 Å². The van der Waals surface area contributed by atoms with Crippen molar-refractivity contribution < 1.29 is 4.98 Å². The van der Waals surface area contributed by atoms with E-state index < -0.39 is 0 Å². The van der Waals surface area contributed by atoms with Crippen molar-refractivity contribution in [1.29, 1.82) is 0 Å². The Morgan fingerprint density at radius 1 is 0.920 bits per heavy atom. The fourth-order valence-corrected chi connectivity index (χ4v) is 5.30. The number of aromatic amines is 1. The largest absolute Gasteiger partial charge is 0.368 e. The van der Waals surface area contributed by atoms with Crippen LogP contribution in [0.25, 0.3) is 10.2 Å². The molecule has 1 fully saturated rings. The molecule has 0 amide bonds. The summed E-state index contributed by atoms with van der Waals surface area (Å²) in [7, 11) is 0. The van der Waals surface area contributed by atoms with Gasteiger partial charge in [-0.25, -0.2) is 15.0 Å². The maximum absolute atomic E-state index is 4.71. The predicted molar refractivity (Wildman–Crippen MR) is 101 cm³/mol. The SMILES string of the molecule is c1nc(N2CCN(c3cc[nH+]cc3)CC2)c2c3c(sc2n1)CCCC3. The quantitative estimate of drug-likeness (QED) is 0.711. The second-order valence-corrected chi connectivity index (χ2v) is 7.90. The molecule has 0 atom stereocenters. The molecule has 0 aromatic carbocycles. The van der Waals surface area contributed by atoms with E-state index in [0.29, 0.717) is 0 Å². The molecule has 3 aromatic heterocycles. The minimum atomic E-state index is 1.01. The van der Waals surface area contributed by atoms with Crippen LogP contribution in [0.5, 0.6) is 0 Å². The van der Waals surface area contributed by atoms with Crippen LogP contribution < -0.4 is 14.8 Å². The van der Waals surface area contributed by atoms with Crippen molar-refractivity contribution in [2.24, 2.45) is 0 Å². The van der Waals surface area contributed by atoms with Gasteiger partial charge < -0.3 is 9.80 Å². The number of aryl methyl sites for hydroxylation is 2. The van der Waals surface area contributed by atoms with E-state index in [4.69, 9.17) is 4.98 Å². The molecule has 0 spiro atoms. The van der Waals surface area contributed by atoms with Crippen molar-refractivity contribution >= 4 is 33.1 Å². The van der Waals surface area contributed by atoms with Crippen LogP contribution in [0.4, 0.5) is 11.5 Å². The molecule has 2 aliphatic rings. The summed E-state index contributed by atoms with van der Waals surface area (Å²) in [6.07, 6.45) is 10.8. The molecule has 5 nitrogen and oxygen atoms in total. The van der Waals surface area contributed by atoms with E-state index in [1.165, 1.54) is 47.2 Å². The third-order valence-electron chi connectivity index (χ3n) is 5.38. The zero-order valence-electron chi connectivity index (χ0n) is 14.2. The maximum atomic E-state index is 4.71. The molecule has 0 saturated carbocycles. The monoisotopic (exact) mass is 352 g/mol. The Balaban J connectivity index is 1.44. The Bertz CT molecular complexity index is 883. The molecule has 1 aliphatic heterocycles. The number of anilines is 2. The van der Waals surface area contributed by atoms with Gasteiger partial charge in [-0.2, -0.15) is 0 Å². The van der Waals surface area contributed by atoms with Crippen LogP contribution in [0.3, 0.4) is 0 Å². The number of aromatic nitrogens is 3. The molecule has 5 rings (SSSR count). The second-order valence-electron chi connectivity index (χ2n) is 6.82. The van der Waals surface area contributed by atoms with Gasteiger partial charge in [-0.15, -0.1) is 11.3 Å². The molecule has 1 aliphatic carbocycles. The average Bonchev–Trinajstić information content (AvgIpc) is 3.08. The van der Waals surface area contributed by atoms with Gasteiger partial charge in [0.25, 0.3) is 0 Å². The van der Waals surface area contributed by atoms with Gasteiger partial charge in [0, 0.05) is 48.9 Å². The van der Waals surface area contributed by atoms with Gasteiger partial charge in [-0.05, 0) is 31.2 Å². The third-order valence-corrected chi connectivity index (χ3v) is 6.58. The summed E-state index contributed by atoms with van der Waals surface area (Å²) < 4.78 is 0. The van der Waals surface area contributed by atoms with Crippen molar-refractivity contribution in [2.45, 2.75) is 25.7 Å². The van der Waals surface area contributed by atoms with Crippen molar-refractivity contribution in [2.75, 3.05) is 36.0 Å². The Hall–Kier alpha value is -2.21. The fraction of sp³-hybridized carbons (Fsp3) is 0.421. The Labute approximate surface area is 151 Å². The van der Waals surface area contributed by atoms with Gasteiger partial charge in [-0.1, -0.05) is 0 Å². The fourth-order valence-electron chi connectivity index (χ4n) is 4.08. The normalized spacial score (nSPS) is 17.8. The first kappa shape index (κ1) is 15.1. The van der Waals surface area contributed by atoms with Crippen molar-refractivity contribution in [3.8, 4) is 0 Å². The highest BCUT2D eigenvalue weighted by atomic mass is 32.1. The lowest BCUT2D eigenvalue weighted by atomic mass is 9.97. The van der Waals surface area contributed by atoms with Crippen molar-refractivity contribution in [1.82, 2.24) is 9.97 Å². The number of pyridine rings is 1. The first-order chi connectivity index (χ1) is 12.4. The number of nitrogens with one attached hydrogen (secondary N) is 1. The summed E-state index contributed by atoms with van der Waals surface area (Å²) in [4.78, 5) is 20.0. The molecule has 0 radical (unpaired) electrons. The number of rotatable bonds is 2.